The zero-order valence-electron chi connectivity index (χ0n) is 14.0. The Morgan fingerprint density at radius 3 is 2.39 bits per heavy atom. The van der Waals surface area contributed by atoms with Crippen LogP contribution in [0.2, 0.25) is 0 Å². The van der Waals surface area contributed by atoms with Gasteiger partial charge in [-0.3, -0.25) is 14.9 Å². The quantitative estimate of drug-likeness (QED) is 0.421. The zero-order valence-corrected chi connectivity index (χ0v) is 17.3. The van der Waals surface area contributed by atoms with Crippen LogP contribution in [0.1, 0.15) is 5.56 Å². The Hall–Kier alpha value is -2.63. The molecule has 0 aliphatic carbocycles. The Kier molecular flexibility index (Phi) is 5.87. The number of non-ortho nitro benzene ring substituents is 1. The van der Waals surface area contributed by atoms with Gasteiger partial charge in [0.15, 0.2) is 5.13 Å². The monoisotopic (exact) mass is 481 g/mol. The predicted molar refractivity (Wildman–Crippen MR) is 107 cm³/mol. The number of benzene rings is 2. The van der Waals surface area contributed by atoms with Crippen molar-refractivity contribution in [1.82, 2.24) is 4.98 Å². The van der Waals surface area contributed by atoms with E-state index in [1.807, 2.05) is 12.1 Å². The first-order valence-corrected chi connectivity index (χ1v) is 10.8. The summed E-state index contributed by atoms with van der Waals surface area (Å²) in [6.45, 7) is 0. The SMILES string of the molecule is O=C(Cc1ccc(Br)cc1)Nc1ncc(S(=O)(=O)c2ccc([N+](=O)[O-])cc2)s1. The molecule has 0 fully saturated rings. The van der Waals surface area contributed by atoms with Crippen LogP contribution in [0.3, 0.4) is 0 Å². The number of hydrogen-bond donors (Lipinski definition) is 1. The number of anilines is 1. The van der Waals surface area contributed by atoms with Crippen LogP contribution in [0.25, 0.3) is 0 Å². The van der Waals surface area contributed by atoms with E-state index in [9.17, 15) is 23.3 Å². The van der Waals surface area contributed by atoms with Crippen LogP contribution < -0.4 is 5.32 Å². The first-order chi connectivity index (χ1) is 13.3. The lowest BCUT2D eigenvalue weighted by atomic mass is 10.1. The average molecular weight is 482 g/mol. The number of thiazole rings is 1. The highest BCUT2D eigenvalue weighted by Crippen LogP contribution is 2.29. The number of hydrogen-bond acceptors (Lipinski definition) is 7. The maximum atomic E-state index is 12.6. The molecule has 11 heteroatoms. The lowest BCUT2D eigenvalue weighted by molar-refractivity contribution is -0.384. The molecule has 3 rings (SSSR count). The van der Waals surface area contributed by atoms with Crippen LogP contribution in [0.15, 0.2) is 68.3 Å². The minimum atomic E-state index is -3.88. The normalized spacial score (nSPS) is 11.2. The summed E-state index contributed by atoms with van der Waals surface area (Å²) in [5.74, 6) is -0.323. The number of halogens is 1. The number of carbonyl (C=O) groups is 1. The number of carbonyl (C=O) groups excluding carboxylic acids is 1. The third-order valence-electron chi connectivity index (χ3n) is 3.63. The van der Waals surface area contributed by atoms with Crippen LogP contribution in [0, 0.1) is 10.1 Å². The summed E-state index contributed by atoms with van der Waals surface area (Å²) in [5.41, 5.74) is 0.597. The van der Waals surface area contributed by atoms with Gasteiger partial charge in [0.2, 0.25) is 15.7 Å². The molecule has 0 spiro atoms. The fraction of sp³-hybridized carbons (Fsp3) is 0.0588. The summed E-state index contributed by atoms with van der Waals surface area (Å²) >= 11 is 4.13. The third-order valence-corrected chi connectivity index (χ3v) is 7.30. The van der Waals surface area contributed by atoms with Gasteiger partial charge in [-0.15, -0.1) is 0 Å². The Morgan fingerprint density at radius 1 is 1.14 bits per heavy atom. The number of sulfone groups is 1. The number of amides is 1. The molecule has 0 radical (unpaired) electrons. The van der Waals surface area contributed by atoms with Gasteiger partial charge >= 0.3 is 0 Å². The number of nitro groups is 1. The zero-order chi connectivity index (χ0) is 20.3. The van der Waals surface area contributed by atoms with Crippen molar-refractivity contribution in [3.05, 3.63) is 74.9 Å². The second kappa shape index (κ2) is 8.17. The second-order valence-electron chi connectivity index (χ2n) is 5.59. The number of nitrogens with zero attached hydrogens (tertiary/aromatic N) is 2. The molecule has 1 N–H and O–H groups in total. The molecular formula is C17H12BrN3O5S2. The highest BCUT2D eigenvalue weighted by molar-refractivity contribution is 9.10. The van der Waals surface area contributed by atoms with Gasteiger partial charge in [-0.1, -0.05) is 39.4 Å². The second-order valence-corrected chi connectivity index (χ2v) is 9.71. The fourth-order valence-electron chi connectivity index (χ4n) is 2.26. The molecule has 144 valence electrons. The fourth-order valence-corrected chi connectivity index (χ4v) is 4.97. The molecule has 0 atom stereocenters. The van der Waals surface area contributed by atoms with Crippen molar-refractivity contribution >= 4 is 53.8 Å². The number of rotatable bonds is 6. The molecule has 8 nitrogen and oxygen atoms in total. The Morgan fingerprint density at radius 2 is 1.79 bits per heavy atom. The maximum Gasteiger partial charge on any atom is 0.269 e. The molecule has 0 aliphatic rings. The van der Waals surface area contributed by atoms with Crippen LogP contribution in [0.5, 0.6) is 0 Å². The van der Waals surface area contributed by atoms with Crippen molar-refractivity contribution in [3.8, 4) is 0 Å². The molecule has 0 saturated heterocycles. The summed E-state index contributed by atoms with van der Waals surface area (Å²) in [6.07, 6.45) is 1.27. The number of nitrogens with one attached hydrogen (secondary N) is 1. The van der Waals surface area contributed by atoms with Crippen LogP contribution in [0.4, 0.5) is 10.8 Å². The van der Waals surface area contributed by atoms with Crippen molar-refractivity contribution in [2.75, 3.05) is 5.32 Å². The maximum absolute atomic E-state index is 12.6. The van der Waals surface area contributed by atoms with Gasteiger partial charge < -0.3 is 5.32 Å². The van der Waals surface area contributed by atoms with Gasteiger partial charge in [-0.25, -0.2) is 13.4 Å². The number of aromatic nitrogens is 1. The van der Waals surface area contributed by atoms with Gasteiger partial charge in [0, 0.05) is 16.6 Å². The minimum absolute atomic E-state index is 0.0692. The van der Waals surface area contributed by atoms with E-state index in [2.05, 4.69) is 26.2 Å². The van der Waals surface area contributed by atoms with Crippen molar-refractivity contribution < 1.29 is 18.1 Å². The van der Waals surface area contributed by atoms with Crippen molar-refractivity contribution in [2.24, 2.45) is 0 Å². The molecule has 0 unspecified atom stereocenters. The highest BCUT2D eigenvalue weighted by atomic mass is 79.9. The average Bonchev–Trinajstić information content (AvgIpc) is 3.13. The Labute approximate surface area is 172 Å². The third kappa shape index (κ3) is 4.61. The largest absolute Gasteiger partial charge is 0.302 e. The van der Waals surface area contributed by atoms with Gasteiger partial charge in [0.1, 0.15) is 4.21 Å². The minimum Gasteiger partial charge on any atom is -0.302 e. The van der Waals surface area contributed by atoms with E-state index in [1.54, 1.807) is 12.1 Å². The van der Waals surface area contributed by atoms with E-state index in [4.69, 9.17) is 0 Å². The lowest BCUT2D eigenvalue weighted by Gasteiger charge is -2.02. The first kappa shape index (κ1) is 20.1. The predicted octanol–water partition coefficient (Wildman–Crippen LogP) is 3.83. The van der Waals surface area contributed by atoms with E-state index in [0.717, 1.165) is 39.7 Å². The van der Waals surface area contributed by atoms with Crippen LogP contribution >= 0.6 is 27.3 Å². The Bertz CT molecular complexity index is 1130. The lowest BCUT2D eigenvalue weighted by Crippen LogP contribution is -2.14. The van der Waals surface area contributed by atoms with Gasteiger partial charge in [-0.05, 0) is 29.8 Å². The molecule has 2 aromatic carbocycles. The Balaban J connectivity index is 1.72. The summed E-state index contributed by atoms with van der Waals surface area (Å²) in [6, 6.07) is 11.8. The van der Waals surface area contributed by atoms with Gasteiger partial charge in [-0.2, -0.15) is 0 Å². The highest BCUT2D eigenvalue weighted by Gasteiger charge is 2.22. The summed E-state index contributed by atoms with van der Waals surface area (Å²) < 4.78 is 26.1. The van der Waals surface area contributed by atoms with E-state index < -0.39 is 14.8 Å². The molecule has 0 aliphatic heterocycles. The van der Waals surface area contributed by atoms with Gasteiger partial charge in [0.25, 0.3) is 5.69 Å². The molecule has 1 heterocycles. The molecule has 28 heavy (non-hydrogen) atoms. The molecule has 1 amide bonds. The van der Waals surface area contributed by atoms with Crippen LogP contribution in [-0.2, 0) is 21.1 Å². The summed E-state index contributed by atoms with van der Waals surface area (Å²) in [4.78, 5) is 26.1. The van der Waals surface area contributed by atoms with Crippen LogP contribution in [-0.4, -0.2) is 24.2 Å². The van der Waals surface area contributed by atoms with Crippen molar-refractivity contribution in [1.29, 1.82) is 0 Å². The van der Waals surface area contributed by atoms with Crippen molar-refractivity contribution in [2.45, 2.75) is 15.5 Å². The topological polar surface area (TPSA) is 119 Å². The smallest absolute Gasteiger partial charge is 0.269 e. The van der Waals surface area contributed by atoms with E-state index in [0.29, 0.717) is 0 Å². The standard InChI is InChI=1S/C17H12BrN3O5S2/c18-12-3-1-11(2-4-12)9-15(22)20-17-19-10-16(27-17)28(25,26)14-7-5-13(6-8-14)21(23)24/h1-8,10H,9H2,(H,19,20,22). The molecule has 0 bridgehead atoms. The number of nitro benzene ring substituents is 1. The first-order valence-electron chi connectivity index (χ1n) is 7.75. The van der Waals surface area contributed by atoms with E-state index >= 15 is 0 Å². The molecule has 1 aromatic heterocycles. The van der Waals surface area contributed by atoms with Crippen molar-refractivity contribution in [3.63, 3.8) is 0 Å². The molecule has 3 aromatic rings. The molecule has 0 saturated carbocycles. The molecular weight excluding hydrogens is 470 g/mol. The van der Waals surface area contributed by atoms with Gasteiger partial charge in [0.05, 0.1) is 22.4 Å². The van der Waals surface area contributed by atoms with E-state index in [-0.39, 0.29) is 32.3 Å². The summed E-state index contributed by atoms with van der Waals surface area (Å²) in [7, 11) is -3.88. The van der Waals surface area contributed by atoms with E-state index in [1.165, 1.54) is 12.1 Å². The summed E-state index contributed by atoms with van der Waals surface area (Å²) in [5, 5.41) is 13.4.